The number of nitrogens with one attached hydrogen (secondary N) is 1. The number of carbonyl (C=O) groups excluding carboxylic acids is 1. The van der Waals surface area contributed by atoms with E-state index < -0.39 is 12.1 Å². The number of halogens is 3. The first-order valence-electron chi connectivity index (χ1n) is 9.75. The Labute approximate surface area is 176 Å². The summed E-state index contributed by atoms with van der Waals surface area (Å²) in [4.78, 5) is 12.5. The number of rotatable bonds is 8. The molecule has 4 rings (SSSR count). The average Bonchev–Trinajstić information content (AvgIpc) is 3.20. The van der Waals surface area contributed by atoms with Gasteiger partial charge >= 0.3 is 0 Å². The monoisotopic (exact) mass is 437 g/mol. The predicted molar refractivity (Wildman–Crippen MR) is 107 cm³/mol. The smallest absolute Gasteiger partial charge is 0.283 e. The number of alkyl halides is 2. The van der Waals surface area contributed by atoms with Gasteiger partial charge in [-0.2, -0.15) is 15.3 Å². The SMILES string of the molecule is CCn1ncc(Cn2cc(NC(=O)Cn3nc(C(F)F)c(Cl)c3C3CC3)cn2)c1C. The molecular weight excluding hydrogens is 416 g/mol. The summed E-state index contributed by atoms with van der Waals surface area (Å²) in [5.74, 6) is -0.299. The molecule has 1 aliphatic carbocycles. The summed E-state index contributed by atoms with van der Waals surface area (Å²) >= 11 is 6.09. The maximum Gasteiger partial charge on any atom is 0.283 e. The summed E-state index contributed by atoms with van der Waals surface area (Å²) in [6.45, 7) is 5.15. The largest absolute Gasteiger partial charge is 0.322 e. The van der Waals surface area contributed by atoms with Gasteiger partial charge in [0.25, 0.3) is 6.43 Å². The maximum atomic E-state index is 13.1. The fraction of sp³-hybridized carbons (Fsp3) is 0.474. The number of anilines is 1. The summed E-state index contributed by atoms with van der Waals surface area (Å²) in [7, 11) is 0. The van der Waals surface area contributed by atoms with Crippen LogP contribution in [0.3, 0.4) is 0 Å². The van der Waals surface area contributed by atoms with Crippen molar-refractivity contribution in [3.63, 3.8) is 0 Å². The molecule has 0 radical (unpaired) electrons. The Hall–Kier alpha value is -2.75. The molecule has 0 saturated heterocycles. The fourth-order valence-electron chi connectivity index (χ4n) is 3.46. The normalized spacial score (nSPS) is 13.9. The van der Waals surface area contributed by atoms with Gasteiger partial charge in [0.2, 0.25) is 5.91 Å². The maximum absolute atomic E-state index is 13.1. The Balaban J connectivity index is 1.43. The quantitative estimate of drug-likeness (QED) is 0.581. The van der Waals surface area contributed by atoms with Crippen LogP contribution in [0.1, 0.15) is 54.8 Å². The molecule has 8 nitrogen and oxygen atoms in total. The molecular formula is C19H22ClF2N7O. The number of nitrogens with zero attached hydrogens (tertiary/aromatic N) is 6. The van der Waals surface area contributed by atoms with Gasteiger partial charge in [-0.15, -0.1) is 0 Å². The van der Waals surface area contributed by atoms with Crippen molar-refractivity contribution in [1.29, 1.82) is 0 Å². The Bertz CT molecular complexity index is 1070. The molecule has 0 aliphatic heterocycles. The van der Waals surface area contributed by atoms with Crippen LogP contribution in [0.15, 0.2) is 18.6 Å². The molecule has 1 saturated carbocycles. The third kappa shape index (κ3) is 4.09. The molecule has 3 aromatic rings. The van der Waals surface area contributed by atoms with E-state index in [1.807, 2.05) is 18.5 Å². The molecule has 0 atom stereocenters. The number of hydrogen-bond donors (Lipinski definition) is 1. The van der Waals surface area contributed by atoms with Crippen molar-refractivity contribution in [1.82, 2.24) is 29.3 Å². The van der Waals surface area contributed by atoms with Crippen LogP contribution in [0.5, 0.6) is 0 Å². The van der Waals surface area contributed by atoms with E-state index in [-0.39, 0.29) is 23.4 Å². The van der Waals surface area contributed by atoms with Crippen molar-refractivity contribution in [2.75, 3.05) is 5.32 Å². The Morgan fingerprint density at radius 2 is 2.07 bits per heavy atom. The number of aryl methyl sites for hydroxylation is 1. The van der Waals surface area contributed by atoms with Crippen LogP contribution in [-0.4, -0.2) is 35.2 Å². The van der Waals surface area contributed by atoms with E-state index in [1.165, 1.54) is 4.68 Å². The summed E-state index contributed by atoms with van der Waals surface area (Å²) in [5, 5.41) is 15.2. The molecule has 0 aromatic carbocycles. The topological polar surface area (TPSA) is 82.6 Å². The van der Waals surface area contributed by atoms with Gasteiger partial charge in [0, 0.05) is 29.9 Å². The van der Waals surface area contributed by atoms with E-state index in [0.717, 1.165) is 30.6 Å². The molecule has 30 heavy (non-hydrogen) atoms. The van der Waals surface area contributed by atoms with Crippen molar-refractivity contribution >= 4 is 23.2 Å². The zero-order valence-corrected chi connectivity index (χ0v) is 17.4. The third-order valence-electron chi connectivity index (χ3n) is 5.17. The first-order chi connectivity index (χ1) is 14.4. The number of hydrogen-bond acceptors (Lipinski definition) is 4. The van der Waals surface area contributed by atoms with Gasteiger partial charge in [-0.25, -0.2) is 8.78 Å². The van der Waals surface area contributed by atoms with Crippen LogP contribution < -0.4 is 5.32 Å². The first-order valence-corrected chi connectivity index (χ1v) is 10.1. The second-order valence-electron chi connectivity index (χ2n) is 7.36. The molecule has 1 aliphatic rings. The molecule has 11 heteroatoms. The van der Waals surface area contributed by atoms with Crippen molar-refractivity contribution < 1.29 is 13.6 Å². The van der Waals surface area contributed by atoms with Crippen molar-refractivity contribution in [2.45, 2.75) is 58.7 Å². The van der Waals surface area contributed by atoms with Crippen LogP contribution in [0, 0.1) is 6.92 Å². The van der Waals surface area contributed by atoms with Crippen LogP contribution in [0.25, 0.3) is 0 Å². The Morgan fingerprint density at radius 3 is 2.70 bits per heavy atom. The van der Waals surface area contributed by atoms with E-state index >= 15 is 0 Å². The molecule has 3 heterocycles. The lowest BCUT2D eigenvalue weighted by Gasteiger charge is -2.07. The Kier molecular flexibility index (Phi) is 5.59. The highest BCUT2D eigenvalue weighted by Crippen LogP contribution is 2.45. The lowest BCUT2D eigenvalue weighted by Crippen LogP contribution is -2.20. The van der Waals surface area contributed by atoms with Gasteiger partial charge in [-0.3, -0.25) is 18.8 Å². The minimum atomic E-state index is -2.78. The standard InChI is InChI=1S/C19H22ClF2N7O/c1-3-28-11(2)13(6-24-28)8-27-9-14(7-23-27)25-15(30)10-29-18(12-4-5-12)16(20)17(26-29)19(21)22/h6-7,9,12,19H,3-5,8,10H2,1-2H3,(H,25,30). The second-order valence-corrected chi connectivity index (χ2v) is 7.74. The summed E-state index contributed by atoms with van der Waals surface area (Å²) in [6, 6.07) is 0. The third-order valence-corrected chi connectivity index (χ3v) is 5.56. The van der Waals surface area contributed by atoms with Crippen LogP contribution in [-0.2, 0) is 24.4 Å². The van der Waals surface area contributed by atoms with Gasteiger partial charge in [-0.05, 0) is 26.7 Å². The molecule has 0 spiro atoms. The van der Waals surface area contributed by atoms with Crippen molar-refractivity contribution in [3.8, 4) is 0 Å². The molecule has 1 N–H and O–H groups in total. The zero-order valence-electron chi connectivity index (χ0n) is 16.6. The molecule has 1 fully saturated rings. The Morgan fingerprint density at radius 1 is 1.30 bits per heavy atom. The molecule has 0 bridgehead atoms. The minimum Gasteiger partial charge on any atom is -0.322 e. The lowest BCUT2D eigenvalue weighted by atomic mass is 10.2. The van der Waals surface area contributed by atoms with E-state index in [9.17, 15) is 13.6 Å². The van der Waals surface area contributed by atoms with Crippen LogP contribution in [0.4, 0.5) is 14.5 Å². The van der Waals surface area contributed by atoms with Gasteiger partial charge in [0.15, 0.2) is 0 Å². The first kappa shape index (κ1) is 20.5. The molecule has 1 amide bonds. The summed E-state index contributed by atoms with van der Waals surface area (Å²) in [5.41, 5.74) is 2.67. The molecule has 0 unspecified atom stereocenters. The van der Waals surface area contributed by atoms with Gasteiger partial charge in [0.1, 0.15) is 12.2 Å². The van der Waals surface area contributed by atoms with E-state index in [2.05, 4.69) is 20.6 Å². The lowest BCUT2D eigenvalue weighted by molar-refractivity contribution is -0.117. The number of amides is 1. The summed E-state index contributed by atoms with van der Waals surface area (Å²) < 4.78 is 31.2. The van der Waals surface area contributed by atoms with E-state index in [4.69, 9.17) is 11.6 Å². The van der Waals surface area contributed by atoms with Gasteiger partial charge in [-0.1, -0.05) is 11.6 Å². The average molecular weight is 438 g/mol. The summed E-state index contributed by atoms with van der Waals surface area (Å²) in [6.07, 6.45) is 3.99. The van der Waals surface area contributed by atoms with Crippen LogP contribution >= 0.6 is 11.6 Å². The van der Waals surface area contributed by atoms with E-state index in [0.29, 0.717) is 17.9 Å². The van der Waals surface area contributed by atoms with E-state index in [1.54, 1.807) is 23.3 Å². The van der Waals surface area contributed by atoms with Crippen molar-refractivity contribution in [2.24, 2.45) is 0 Å². The fourth-order valence-corrected chi connectivity index (χ4v) is 3.84. The minimum absolute atomic E-state index is 0.0314. The second kappa shape index (κ2) is 8.17. The number of carbonyl (C=O) groups is 1. The van der Waals surface area contributed by atoms with Crippen LogP contribution in [0.2, 0.25) is 5.02 Å². The number of aromatic nitrogens is 6. The predicted octanol–water partition coefficient (Wildman–Crippen LogP) is 3.76. The highest BCUT2D eigenvalue weighted by atomic mass is 35.5. The van der Waals surface area contributed by atoms with Gasteiger partial charge in [0.05, 0.1) is 35.3 Å². The molecule has 160 valence electrons. The highest BCUT2D eigenvalue weighted by molar-refractivity contribution is 6.32. The van der Waals surface area contributed by atoms with Gasteiger partial charge < -0.3 is 5.32 Å². The highest BCUT2D eigenvalue weighted by Gasteiger charge is 2.34. The molecule has 3 aromatic heterocycles. The van der Waals surface area contributed by atoms with Crippen molar-refractivity contribution in [3.05, 3.63) is 46.3 Å². The zero-order chi connectivity index (χ0) is 21.4.